The third-order valence-corrected chi connectivity index (χ3v) is 3.56. The molecule has 0 heterocycles. The van der Waals surface area contributed by atoms with Crippen molar-refractivity contribution in [2.75, 3.05) is 13.6 Å². The number of rotatable bonds is 3. The van der Waals surface area contributed by atoms with Crippen LogP contribution >= 0.6 is 0 Å². The van der Waals surface area contributed by atoms with Gasteiger partial charge < -0.3 is 5.32 Å². The van der Waals surface area contributed by atoms with Crippen LogP contribution in [0.2, 0.25) is 0 Å². The van der Waals surface area contributed by atoms with E-state index in [1.807, 2.05) is 0 Å². The van der Waals surface area contributed by atoms with Crippen LogP contribution in [0.4, 0.5) is 0 Å². The standard InChI is InChI=1S/C10H19N/c1-11-7-6-10-8-4-2-3-5-9(8)10/h8-11H,2-7H2,1H3/t8-,9+,10?. The predicted octanol–water partition coefficient (Wildman–Crippen LogP) is 2.03. The minimum Gasteiger partial charge on any atom is -0.320 e. The average Bonchev–Trinajstić information content (AvgIpc) is 2.75. The highest BCUT2D eigenvalue weighted by atomic mass is 14.8. The first-order valence-corrected chi connectivity index (χ1v) is 5.08. The van der Waals surface area contributed by atoms with Gasteiger partial charge in [0.1, 0.15) is 0 Å². The van der Waals surface area contributed by atoms with Crippen LogP contribution in [0.15, 0.2) is 0 Å². The zero-order valence-electron chi connectivity index (χ0n) is 7.47. The van der Waals surface area contributed by atoms with Gasteiger partial charge in [0.15, 0.2) is 0 Å². The SMILES string of the molecule is CNCCC1[C@H]2CCCC[C@@H]12. The second-order valence-corrected chi connectivity index (χ2v) is 4.17. The molecule has 1 N–H and O–H groups in total. The Balaban J connectivity index is 1.72. The number of hydrogen-bond acceptors (Lipinski definition) is 1. The van der Waals surface area contributed by atoms with Gasteiger partial charge in [0.05, 0.1) is 0 Å². The summed E-state index contributed by atoms with van der Waals surface area (Å²) in [7, 11) is 2.06. The molecule has 2 rings (SSSR count). The van der Waals surface area contributed by atoms with E-state index in [2.05, 4.69) is 12.4 Å². The van der Waals surface area contributed by atoms with Gasteiger partial charge in [-0.25, -0.2) is 0 Å². The van der Waals surface area contributed by atoms with Crippen LogP contribution in [0.25, 0.3) is 0 Å². The van der Waals surface area contributed by atoms with Crippen molar-refractivity contribution >= 4 is 0 Å². The van der Waals surface area contributed by atoms with Crippen LogP contribution in [0.5, 0.6) is 0 Å². The predicted molar refractivity (Wildman–Crippen MR) is 47.5 cm³/mol. The third kappa shape index (κ3) is 1.44. The van der Waals surface area contributed by atoms with Crippen LogP contribution in [0, 0.1) is 17.8 Å². The van der Waals surface area contributed by atoms with Crippen LogP contribution in [0.3, 0.4) is 0 Å². The zero-order valence-corrected chi connectivity index (χ0v) is 7.47. The van der Waals surface area contributed by atoms with Crippen molar-refractivity contribution in [1.29, 1.82) is 0 Å². The van der Waals surface area contributed by atoms with Gasteiger partial charge in [0.25, 0.3) is 0 Å². The molecule has 0 amide bonds. The summed E-state index contributed by atoms with van der Waals surface area (Å²) in [6, 6.07) is 0. The highest BCUT2D eigenvalue weighted by Gasteiger charge is 2.49. The van der Waals surface area contributed by atoms with Gasteiger partial charge in [-0.1, -0.05) is 12.8 Å². The fourth-order valence-corrected chi connectivity index (χ4v) is 2.88. The average molecular weight is 153 g/mol. The fraction of sp³-hybridized carbons (Fsp3) is 1.00. The monoisotopic (exact) mass is 153 g/mol. The van der Waals surface area contributed by atoms with Crippen LogP contribution < -0.4 is 5.32 Å². The third-order valence-electron chi connectivity index (χ3n) is 3.56. The number of hydrogen-bond donors (Lipinski definition) is 1. The first-order valence-electron chi connectivity index (χ1n) is 5.08. The Labute approximate surface area is 69.6 Å². The normalized spacial score (nSPS) is 41.7. The first kappa shape index (κ1) is 7.60. The summed E-state index contributed by atoms with van der Waals surface area (Å²) in [5.41, 5.74) is 0. The highest BCUT2D eigenvalue weighted by Crippen LogP contribution is 2.56. The minimum absolute atomic E-state index is 1.12. The van der Waals surface area contributed by atoms with E-state index in [4.69, 9.17) is 0 Å². The summed E-state index contributed by atoms with van der Waals surface area (Å²) in [6.45, 7) is 1.23. The molecule has 1 unspecified atom stereocenters. The lowest BCUT2D eigenvalue weighted by Crippen LogP contribution is -2.08. The molecule has 0 bridgehead atoms. The lowest BCUT2D eigenvalue weighted by Gasteiger charge is -2.05. The molecule has 0 aromatic heterocycles. The Hall–Kier alpha value is -0.0400. The second-order valence-electron chi connectivity index (χ2n) is 4.17. The van der Waals surface area contributed by atoms with Crippen molar-refractivity contribution in [2.45, 2.75) is 32.1 Å². The molecule has 3 atom stereocenters. The Morgan fingerprint density at radius 3 is 2.36 bits per heavy atom. The fourth-order valence-electron chi connectivity index (χ4n) is 2.88. The Morgan fingerprint density at radius 1 is 1.18 bits per heavy atom. The van der Waals surface area contributed by atoms with Crippen molar-refractivity contribution < 1.29 is 0 Å². The van der Waals surface area contributed by atoms with E-state index in [1.165, 1.54) is 25.8 Å². The molecule has 0 radical (unpaired) electrons. The van der Waals surface area contributed by atoms with Crippen LogP contribution in [-0.4, -0.2) is 13.6 Å². The summed E-state index contributed by atoms with van der Waals surface area (Å²) in [4.78, 5) is 0. The van der Waals surface area contributed by atoms with Crippen molar-refractivity contribution in [3.8, 4) is 0 Å². The number of nitrogens with one attached hydrogen (secondary N) is 1. The van der Waals surface area contributed by atoms with E-state index >= 15 is 0 Å². The van der Waals surface area contributed by atoms with Crippen molar-refractivity contribution in [1.82, 2.24) is 5.32 Å². The Morgan fingerprint density at radius 2 is 1.82 bits per heavy atom. The van der Waals surface area contributed by atoms with Gasteiger partial charge in [-0.3, -0.25) is 0 Å². The molecule has 64 valence electrons. The smallest absolute Gasteiger partial charge is 0.00491 e. The van der Waals surface area contributed by atoms with Gasteiger partial charge in [-0.15, -0.1) is 0 Å². The molecule has 2 aliphatic carbocycles. The lowest BCUT2D eigenvalue weighted by atomic mass is 10.0. The van der Waals surface area contributed by atoms with Crippen LogP contribution in [-0.2, 0) is 0 Å². The van der Waals surface area contributed by atoms with Gasteiger partial charge in [-0.2, -0.15) is 0 Å². The Bertz CT molecular complexity index is 121. The number of fused-ring (bicyclic) bond motifs is 1. The molecular formula is C10H19N. The molecule has 1 heteroatoms. The summed E-state index contributed by atoms with van der Waals surface area (Å²) in [6.07, 6.45) is 7.54. The van der Waals surface area contributed by atoms with E-state index in [0.717, 1.165) is 17.8 Å². The summed E-state index contributed by atoms with van der Waals surface area (Å²) in [5.74, 6) is 3.42. The maximum absolute atomic E-state index is 3.25. The second kappa shape index (κ2) is 3.14. The highest BCUT2D eigenvalue weighted by molar-refractivity contribution is 4.98. The van der Waals surface area contributed by atoms with Crippen LogP contribution in [0.1, 0.15) is 32.1 Å². The molecule has 0 aliphatic heterocycles. The van der Waals surface area contributed by atoms with E-state index in [9.17, 15) is 0 Å². The summed E-state index contributed by atoms with van der Waals surface area (Å²) < 4.78 is 0. The molecule has 0 spiro atoms. The molecule has 0 saturated heterocycles. The molecule has 2 fully saturated rings. The maximum atomic E-state index is 3.25. The topological polar surface area (TPSA) is 12.0 Å². The molecule has 11 heavy (non-hydrogen) atoms. The van der Waals surface area contributed by atoms with Gasteiger partial charge in [0.2, 0.25) is 0 Å². The molecule has 2 saturated carbocycles. The maximum Gasteiger partial charge on any atom is -0.00491 e. The molecular weight excluding hydrogens is 134 g/mol. The van der Waals surface area contributed by atoms with Crippen molar-refractivity contribution in [2.24, 2.45) is 17.8 Å². The van der Waals surface area contributed by atoms with Gasteiger partial charge >= 0.3 is 0 Å². The largest absolute Gasteiger partial charge is 0.320 e. The van der Waals surface area contributed by atoms with E-state index in [1.54, 1.807) is 12.8 Å². The van der Waals surface area contributed by atoms with Crippen molar-refractivity contribution in [3.05, 3.63) is 0 Å². The van der Waals surface area contributed by atoms with E-state index in [-0.39, 0.29) is 0 Å². The summed E-state index contributed by atoms with van der Waals surface area (Å²) in [5, 5.41) is 3.25. The van der Waals surface area contributed by atoms with Crippen molar-refractivity contribution in [3.63, 3.8) is 0 Å². The van der Waals surface area contributed by atoms with E-state index < -0.39 is 0 Å². The minimum atomic E-state index is 1.12. The zero-order chi connectivity index (χ0) is 7.68. The van der Waals surface area contributed by atoms with Gasteiger partial charge in [0, 0.05) is 0 Å². The molecule has 1 nitrogen and oxygen atoms in total. The Kier molecular flexibility index (Phi) is 2.17. The lowest BCUT2D eigenvalue weighted by molar-refractivity contribution is 0.480. The van der Waals surface area contributed by atoms with Gasteiger partial charge in [-0.05, 0) is 50.6 Å². The van der Waals surface area contributed by atoms with E-state index in [0.29, 0.717) is 0 Å². The summed E-state index contributed by atoms with van der Waals surface area (Å²) >= 11 is 0. The quantitative estimate of drug-likeness (QED) is 0.654. The molecule has 0 aromatic carbocycles. The molecule has 2 aliphatic rings. The molecule has 0 aromatic rings. The first-order chi connectivity index (χ1) is 5.43.